The van der Waals surface area contributed by atoms with Crippen LogP contribution in [-0.2, 0) is 11.3 Å². The van der Waals surface area contributed by atoms with Gasteiger partial charge < -0.3 is 10.5 Å². The highest BCUT2D eigenvalue weighted by molar-refractivity contribution is 5.93. The molecule has 0 aliphatic rings. The molecule has 1 heterocycles. The summed E-state index contributed by atoms with van der Waals surface area (Å²) in [6, 6.07) is 3.65. The van der Waals surface area contributed by atoms with E-state index >= 15 is 0 Å². The molecule has 0 amide bonds. The maximum Gasteiger partial charge on any atom is 0.141 e. The van der Waals surface area contributed by atoms with Gasteiger partial charge in [0.25, 0.3) is 0 Å². The van der Waals surface area contributed by atoms with Crippen LogP contribution in [0.25, 0.3) is 0 Å². The van der Waals surface area contributed by atoms with Crippen LogP contribution >= 0.6 is 0 Å². The minimum absolute atomic E-state index is 0.0135. The van der Waals surface area contributed by atoms with Crippen LogP contribution in [0.5, 0.6) is 0 Å². The summed E-state index contributed by atoms with van der Waals surface area (Å²) in [5.41, 5.74) is 6.84. The molecule has 0 saturated carbocycles. The van der Waals surface area contributed by atoms with Gasteiger partial charge in [0.15, 0.2) is 0 Å². The number of rotatable bonds is 5. The summed E-state index contributed by atoms with van der Waals surface area (Å²) in [5.74, 6) is -0.0135. The molecule has 0 spiro atoms. The maximum atomic E-state index is 7.26. The lowest BCUT2D eigenvalue weighted by atomic mass is 10.2. The first-order valence-corrected chi connectivity index (χ1v) is 5.04. The quantitative estimate of drug-likeness (QED) is 0.570. The molecule has 3 N–H and O–H groups in total. The van der Waals surface area contributed by atoms with Crippen LogP contribution in [0.15, 0.2) is 18.3 Å². The van der Waals surface area contributed by atoms with E-state index in [0.29, 0.717) is 12.3 Å². The molecule has 82 valence electrons. The van der Waals surface area contributed by atoms with E-state index in [-0.39, 0.29) is 11.9 Å². The minimum Gasteiger partial charge on any atom is -0.382 e. The first-order chi connectivity index (χ1) is 7.13. The molecule has 0 aliphatic heterocycles. The van der Waals surface area contributed by atoms with Crippen molar-refractivity contribution in [2.45, 2.75) is 33.0 Å². The number of nitrogen functional groups attached to an aromatic ring is 1. The van der Waals surface area contributed by atoms with E-state index in [1.165, 1.54) is 0 Å². The standard InChI is InChI=1S/C11H17N3O/c1-3-8(2)15-7-9-4-5-14-10(6-9)11(12)13/h4-6,8H,3,7H2,1-2H3,(H3,12,13). The summed E-state index contributed by atoms with van der Waals surface area (Å²) in [5, 5.41) is 7.26. The molecule has 1 unspecified atom stereocenters. The van der Waals surface area contributed by atoms with E-state index < -0.39 is 0 Å². The van der Waals surface area contributed by atoms with Crippen LogP contribution in [0.3, 0.4) is 0 Å². The fraction of sp³-hybridized carbons (Fsp3) is 0.455. The molecule has 1 atom stereocenters. The summed E-state index contributed by atoms with van der Waals surface area (Å²) >= 11 is 0. The number of ether oxygens (including phenoxy) is 1. The highest BCUT2D eigenvalue weighted by atomic mass is 16.5. The van der Waals surface area contributed by atoms with Gasteiger partial charge in [0.05, 0.1) is 12.7 Å². The number of amidine groups is 1. The Morgan fingerprint density at radius 2 is 2.40 bits per heavy atom. The molecule has 1 aromatic rings. The molecule has 0 aliphatic carbocycles. The van der Waals surface area contributed by atoms with E-state index in [4.69, 9.17) is 15.9 Å². The number of nitrogens with two attached hydrogens (primary N) is 1. The third kappa shape index (κ3) is 3.67. The Labute approximate surface area is 90.0 Å². The third-order valence-electron chi connectivity index (χ3n) is 2.21. The summed E-state index contributed by atoms with van der Waals surface area (Å²) in [6.45, 7) is 4.66. The van der Waals surface area contributed by atoms with Crippen LogP contribution in [0.4, 0.5) is 0 Å². The number of nitrogens with one attached hydrogen (secondary N) is 1. The Morgan fingerprint density at radius 1 is 1.67 bits per heavy atom. The molecule has 0 saturated heterocycles. The molecular formula is C11H17N3O. The predicted molar refractivity (Wildman–Crippen MR) is 59.8 cm³/mol. The first kappa shape index (κ1) is 11.7. The van der Waals surface area contributed by atoms with Crippen LogP contribution in [0.1, 0.15) is 31.5 Å². The lowest BCUT2D eigenvalue weighted by molar-refractivity contribution is 0.0508. The van der Waals surface area contributed by atoms with E-state index in [0.717, 1.165) is 12.0 Å². The minimum atomic E-state index is -0.0135. The number of aromatic nitrogens is 1. The zero-order valence-electron chi connectivity index (χ0n) is 9.16. The first-order valence-electron chi connectivity index (χ1n) is 5.04. The zero-order valence-corrected chi connectivity index (χ0v) is 9.16. The number of hydrogen-bond acceptors (Lipinski definition) is 3. The molecule has 0 radical (unpaired) electrons. The highest BCUT2D eigenvalue weighted by Crippen LogP contribution is 2.06. The summed E-state index contributed by atoms with van der Waals surface area (Å²) < 4.78 is 5.57. The topological polar surface area (TPSA) is 72.0 Å². The van der Waals surface area contributed by atoms with Crippen LogP contribution in [-0.4, -0.2) is 16.9 Å². The van der Waals surface area contributed by atoms with Gasteiger partial charge in [-0.15, -0.1) is 0 Å². The fourth-order valence-corrected chi connectivity index (χ4v) is 1.07. The average molecular weight is 207 g/mol. The van der Waals surface area contributed by atoms with E-state index in [9.17, 15) is 0 Å². The Morgan fingerprint density at radius 3 is 3.00 bits per heavy atom. The Balaban J connectivity index is 2.62. The number of nitrogens with zero attached hydrogens (tertiary/aromatic N) is 1. The van der Waals surface area contributed by atoms with Gasteiger partial charge in [-0.2, -0.15) is 0 Å². The molecular weight excluding hydrogens is 190 g/mol. The summed E-state index contributed by atoms with van der Waals surface area (Å²) in [6.07, 6.45) is 2.88. The second kappa shape index (κ2) is 5.46. The van der Waals surface area contributed by atoms with Crippen molar-refractivity contribution in [3.63, 3.8) is 0 Å². The van der Waals surface area contributed by atoms with Crippen molar-refractivity contribution in [2.75, 3.05) is 0 Å². The van der Waals surface area contributed by atoms with Crippen molar-refractivity contribution in [3.05, 3.63) is 29.6 Å². The van der Waals surface area contributed by atoms with Crippen molar-refractivity contribution in [3.8, 4) is 0 Å². The second-order valence-corrected chi connectivity index (χ2v) is 3.49. The van der Waals surface area contributed by atoms with Gasteiger partial charge >= 0.3 is 0 Å². The fourth-order valence-electron chi connectivity index (χ4n) is 1.07. The van der Waals surface area contributed by atoms with Crippen molar-refractivity contribution in [2.24, 2.45) is 5.73 Å². The second-order valence-electron chi connectivity index (χ2n) is 3.49. The molecule has 15 heavy (non-hydrogen) atoms. The van der Waals surface area contributed by atoms with E-state index in [1.54, 1.807) is 12.3 Å². The predicted octanol–water partition coefficient (Wildman–Crippen LogP) is 1.68. The van der Waals surface area contributed by atoms with E-state index in [1.807, 2.05) is 13.0 Å². The molecule has 0 bridgehead atoms. The molecule has 4 heteroatoms. The van der Waals surface area contributed by atoms with Gasteiger partial charge in [-0.25, -0.2) is 0 Å². The van der Waals surface area contributed by atoms with Gasteiger partial charge in [-0.1, -0.05) is 6.92 Å². The Bertz CT molecular complexity index is 338. The Hall–Kier alpha value is -1.42. The molecule has 0 aromatic carbocycles. The normalized spacial score (nSPS) is 12.4. The summed E-state index contributed by atoms with van der Waals surface area (Å²) in [7, 11) is 0. The smallest absolute Gasteiger partial charge is 0.141 e. The zero-order chi connectivity index (χ0) is 11.3. The maximum absolute atomic E-state index is 7.26. The van der Waals surface area contributed by atoms with Crippen molar-refractivity contribution >= 4 is 5.84 Å². The number of pyridine rings is 1. The van der Waals surface area contributed by atoms with E-state index in [2.05, 4.69) is 11.9 Å². The molecule has 0 fully saturated rings. The van der Waals surface area contributed by atoms with Gasteiger partial charge in [0, 0.05) is 6.20 Å². The van der Waals surface area contributed by atoms with Crippen LogP contribution < -0.4 is 5.73 Å². The lowest BCUT2D eigenvalue weighted by Gasteiger charge is -2.10. The lowest BCUT2D eigenvalue weighted by Crippen LogP contribution is -2.13. The molecule has 1 rings (SSSR count). The SMILES string of the molecule is CCC(C)OCc1ccnc(C(=N)N)c1. The van der Waals surface area contributed by atoms with Gasteiger partial charge in [-0.3, -0.25) is 10.4 Å². The molecule has 4 nitrogen and oxygen atoms in total. The Kier molecular flexibility index (Phi) is 4.24. The van der Waals surface area contributed by atoms with Crippen LogP contribution in [0, 0.1) is 5.41 Å². The van der Waals surface area contributed by atoms with Crippen molar-refractivity contribution in [1.29, 1.82) is 5.41 Å². The summed E-state index contributed by atoms with van der Waals surface area (Å²) in [4.78, 5) is 3.98. The average Bonchev–Trinajstić information content (AvgIpc) is 2.26. The highest BCUT2D eigenvalue weighted by Gasteiger charge is 2.02. The van der Waals surface area contributed by atoms with Gasteiger partial charge in [-0.05, 0) is 31.0 Å². The van der Waals surface area contributed by atoms with Gasteiger partial charge in [0.2, 0.25) is 0 Å². The molecule has 1 aromatic heterocycles. The van der Waals surface area contributed by atoms with Crippen LogP contribution in [0.2, 0.25) is 0 Å². The monoisotopic (exact) mass is 207 g/mol. The largest absolute Gasteiger partial charge is 0.382 e. The van der Waals surface area contributed by atoms with Crippen molar-refractivity contribution < 1.29 is 4.74 Å². The number of hydrogen-bond donors (Lipinski definition) is 2. The van der Waals surface area contributed by atoms with Crippen molar-refractivity contribution in [1.82, 2.24) is 4.98 Å². The third-order valence-corrected chi connectivity index (χ3v) is 2.21. The van der Waals surface area contributed by atoms with Gasteiger partial charge in [0.1, 0.15) is 11.5 Å².